The molecule has 88 valence electrons. The summed E-state index contributed by atoms with van der Waals surface area (Å²) in [5.74, 6) is 1.07. The Morgan fingerprint density at radius 2 is 2.35 bits per heavy atom. The lowest BCUT2D eigenvalue weighted by Crippen LogP contribution is -1.97. The zero-order valence-electron chi connectivity index (χ0n) is 9.47. The lowest BCUT2D eigenvalue weighted by Gasteiger charge is -2.03. The number of hydrogen-bond donors (Lipinski definition) is 2. The maximum atomic E-state index is 10.8. The number of aromatic carboxylic acids is 1. The van der Waals surface area contributed by atoms with Crippen LogP contribution in [0.1, 0.15) is 41.9 Å². The van der Waals surface area contributed by atoms with Crippen molar-refractivity contribution in [2.75, 3.05) is 0 Å². The van der Waals surface area contributed by atoms with Crippen molar-refractivity contribution in [1.29, 1.82) is 0 Å². The molecule has 0 aromatic carbocycles. The van der Waals surface area contributed by atoms with E-state index < -0.39 is 5.97 Å². The van der Waals surface area contributed by atoms with Crippen LogP contribution in [0.15, 0.2) is 12.3 Å². The Labute approximate surface area is 97.9 Å². The van der Waals surface area contributed by atoms with Crippen molar-refractivity contribution >= 4 is 17.1 Å². The van der Waals surface area contributed by atoms with Crippen molar-refractivity contribution in [2.24, 2.45) is 5.92 Å². The highest BCUT2D eigenvalue weighted by Crippen LogP contribution is 2.41. The summed E-state index contributed by atoms with van der Waals surface area (Å²) in [5.41, 5.74) is 1.48. The summed E-state index contributed by atoms with van der Waals surface area (Å²) in [5, 5.41) is 8.88. The molecular weight excluding hydrogens is 218 g/mol. The summed E-state index contributed by atoms with van der Waals surface area (Å²) in [7, 11) is 0. The second-order valence-electron chi connectivity index (χ2n) is 4.65. The molecule has 1 unspecified atom stereocenters. The predicted molar refractivity (Wildman–Crippen MR) is 62.0 cm³/mol. The molecule has 1 atom stereocenters. The van der Waals surface area contributed by atoms with Crippen LogP contribution in [0, 0.1) is 5.92 Å². The highest BCUT2D eigenvalue weighted by Gasteiger charge is 2.30. The minimum atomic E-state index is -0.967. The minimum Gasteiger partial charge on any atom is -0.478 e. The van der Waals surface area contributed by atoms with Crippen LogP contribution in [0.5, 0.6) is 0 Å². The zero-order chi connectivity index (χ0) is 12.0. The Bertz CT molecular complexity index is 586. The van der Waals surface area contributed by atoms with Gasteiger partial charge in [0.1, 0.15) is 5.82 Å². The Morgan fingerprint density at radius 3 is 3.00 bits per heavy atom. The molecule has 5 nitrogen and oxygen atoms in total. The Morgan fingerprint density at radius 1 is 1.59 bits per heavy atom. The molecule has 0 aliphatic heterocycles. The summed E-state index contributed by atoms with van der Waals surface area (Å²) in [6, 6.07) is 1.58. The van der Waals surface area contributed by atoms with Crippen molar-refractivity contribution in [3.8, 4) is 0 Å². The number of H-pyrrole nitrogens is 1. The van der Waals surface area contributed by atoms with E-state index in [1.165, 1.54) is 19.0 Å². The molecule has 2 N–H and O–H groups in total. The van der Waals surface area contributed by atoms with Gasteiger partial charge in [-0.25, -0.2) is 14.8 Å². The summed E-state index contributed by atoms with van der Waals surface area (Å²) in [4.78, 5) is 22.5. The number of pyridine rings is 1. The van der Waals surface area contributed by atoms with Gasteiger partial charge in [-0.3, -0.25) is 0 Å². The second-order valence-corrected chi connectivity index (χ2v) is 4.65. The highest BCUT2D eigenvalue weighted by atomic mass is 16.4. The average Bonchev–Trinajstić information content (AvgIpc) is 3.06. The molecule has 1 aliphatic carbocycles. The van der Waals surface area contributed by atoms with Crippen LogP contribution >= 0.6 is 0 Å². The molecule has 1 saturated carbocycles. The maximum absolute atomic E-state index is 10.8. The molecule has 5 heteroatoms. The smallest absolute Gasteiger partial charge is 0.337 e. The van der Waals surface area contributed by atoms with Gasteiger partial charge in [0.05, 0.1) is 11.1 Å². The molecule has 1 fully saturated rings. The number of carboxylic acids is 1. The average molecular weight is 231 g/mol. The van der Waals surface area contributed by atoms with E-state index in [1.807, 2.05) is 0 Å². The van der Waals surface area contributed by atoms with E-state index in [0.717, 1.165) is 11.7 Å². The van der Waals surface area contributed by atoms with Crippen molar-refractivity contribution in [3.05, 3.63) is 23.7 Å². The number of aromatic nitrogens is 3. The van der Waals surface area contributed by atoms with E-state index in [0.29, 0.717) is 17.1 Å². The molecule has 3 rings (SSSR count). The summed E-state index contributed by atoms with van der Waals surface area (Å²) < 4.78 is 0. The van der Waals surface area contributed by atoms with Gasteiger partial charge in [-0.15, -0.1) is 0 Å². The second kappa shape index (κ2) is 3.55. The van der Waals surface area contributed by atoms with Crippen LogP contribution in [0.25, 0.3) is 11.2 Å². The van der Waals surface area contributed by atoms with E-state index in [9.17, 15) is 4.79 Å². The molecule has 0 bridgehead atoms. The normalized spacial score (nSPS) is 17.2. The molecule has 2 heterocycles. The molecule has 0 amide bonds. The van der Waals surface area contributed by atoms with Gasteiger partial charge >= 0.3 is 5.97 Å². The van der Waals surface area contributed by atoms with Crippen molar-refractivity contribution in [1.82, 2.24) is 15.0 Å². The third-order valence-electron chi connectivity index (χ3n) is 3.36. The number of rotatable bonds is 3. The first-order valence-electron chi connectivity index (χ1n) is 5.74. The van der Waals surface area contributed by atoms with Crippen molar-refractivity contribution < 1.29 is 9.90 Å². The van der Waals surface area contributed by atoms with Gasteiger partial charge in [0.2, 0.25) is 0 Å². The number of imidazole rings is 1. The summed E-state index contributed by atoms with van der Waals surface area (Å²) in [6.45, 7) is 2.15. The third-order valence-corrected chi connectivity index (χ3v) is 3.36. The SMILES string of the molecule is CC(c1nc2ncc(C(=O)O)cc2[nH]1)C1CC1. The van der Waals surface area contributed by atoms with E-state index in [2.05, 4.69) is 21.9 Å². The van der Waals surface area contributed by atoms with Gasteiger partial charge in [0.25, 0.3) is 0 Å². The molecule has 0 radical (unpaired) electrons. The van der Waals surface area contributed by atoms with Gasteiger partial charge in [-0.05, 0) is 24.8 Å². The van der Waals surface area contributed by atoms with E-state index in [4.69, 9.17) is 5.11 Å². The monoisotopic (exact) mass is 231 g/mol. The largest absolute Gasteiger partial charge is 0.478 e. The summed E-state index contributed by atoms with van der Waals surface area (Å²) in [6.07, 6.45) is 3.86. The maximum Gasteiger partial charge on any atom is 0.337 e. The van der Waals surface area contributed by atoms with Gasteiger partial charge < -0.3 is 10.1 Å². The lowest BCUT2D eigenvalue weighted by molar-refractivity contribution is 0.0696. The quantitative estimate of drug-likeness (QED) is 0.848. The number of aromatic amines is 1. The molecule has 17 heavy (non-hydrogen) atoms. The van der Waals surface area contributed by atoms with Crippen LogP contribution in [-0.2, 0) is 0 Å². The highest BCUT2D eigenvalue weighted by molar-refractivity contribution is 5.90. The number of carboxylic acid groups (broad SMARTS) is 1. The standard InChI is InChI=1S/C12H13N3O2/c1-6(7-2-3-7)10-14-9-4-8(12(16)17)5-13-11(9)15-10/h4-7H,2-3H2,1H3,(H,16,17)(H,13,14,15). The van der Waals surface area contributed by atoms with Crippen molar-refractivity contribution in [3.63, 3.8) is 0 Å². The predicted octanol–water partition coefficient (Wildman–Crippen LogP) is 2.17. The number of nitrogens with zero attached hydrogens (tertiary/aromatic N) is 2. The molecular formula is C12H13N3O2. The van der Waals surface area contributed by atoms with Crippen LogP contribution in [0.3, 0.4) is 0 Å². The number of carbonyl (C=O) groups is 1. The Balaban J connectivity index is 2.02. The van der Waals surface area contributed by atoms with E-state index >= 15 is 0 Å². The fourth-order valence-electron chi connectivity index (χ4n) is 2.07. The third kappa shape index (κ3) is 1.77. The first-order valence-corrected chi connectivity index (χ1v) is 5.74. The molecule has 0 spiro atoms. The van der Waals surface area contributed by atoms with Crippen LogP contribution < -0.4 is 0 Å². The van der Waals surface area contributed by atoms with E-state index in [-0.39, 0.29) is 5.56 Å². The molecule has 0 saturated heterocycles. The van der Waals surface area contributed by atoms with Crippen LogP contribution in [0.2, 0.25) is 0 Å². The fraction of sp³-hybridized carbons (Fsp3) is 0.417. The van der Waals surface area contributed by atoms with Gasteiger partial charge in [0, 0.05) is 12.1 Å². The lowest BCUT2D eigenvalue weighted by atomic mass is 10.1. The minimum absolute atomic E-state index is 0.187. The van der Waals surface area contributed by atoms with Gasteiger partial charge in [-0.2, -0.15) is 0 Å². The zero-order valence-corrected chi connectivity index (χ0v) is 9.47. The fourth-order valence-corrected chi connectivity index (χ4v) is 2.07. The first kappa shape index (κ1) is 10.3. The van der Waals surface area contributed by atoms with Gasteiger partial charge in [0.15, 0.2) is 5.65 Å². The van der Waals surface area contributed by atoms with E-state index in [1.54, 1.807) is 6.07 Å². The molecule has 2 aromatic rings. The van der Waals surface area contributed by atoms with Crippen LogP contribution in [0.4, 0.5) is 0 Å². The molecule has 2 aromatic heterocycles. The Kier molecular flexibility index (Phi) is 2.14. The van der Waals surface area contributed by atoms with Gasteiger partial charge in [-0.1, -0.05) is 6.92 Å². The van der Waals surface area contributed by atoms with Crippen LogP contribution in [-0.4, -0.2) is 26.0 Å². The number of nitrogens with one attached hydrogen (secondary N) is 1. The first-order chi connectivity index (χ1) is 8.15. The number of fused-ring (bicyclic) bond motifs is 1. The topological polar surface area (TPSA) is 78.9 Å². The summed E-state index contributed by atoms with van der Waals surface area (Å²) >= 11 is 0. The molecule has 1 aliphatic rings. The number of hydrogen-bond acceptors (Lipinski definition) is 3. The van der Waals surface area contributed by atoms with Crippen molar-refractivity contribution in [2.45, 2.75) is 25.7 Å². The Hall–Kier alpha value is -1.91.